The molecule has 1 aromatic heterocycles. The molecule has 0 aliphatic carbocycles. The van der Waals surface area contributed by atoms with E-state index in [4.69, 9.17) is 21.4 Å². The number of aromatic nitrogens is 2. The molecule has 0 spiro atoms. The first-order chi connectivity index (χ1) is 16.5. The van der Waals surface area contributed by atoms with Crippen molar-refractivity contribution >= 4 is 57.4 Å². The van der Waals surface area contributed by atoms with Gasteiger partial charge >= 0.3 is 0 Å². The summed E-state index contributed by atoms with van der Waals surface area (Å²) >= 11 is 7.59. The number of benzene rings is 2. The average Bonchev–Trinajstić information content (AvgIpc) is 2.82. The van der Waals surface area contributed by atoms with E-state index in [1.54, 1.807) is 36.0 Å². The number of rotatable bonds is 12. The molecule has 0 saturated heterocycles. The van der Waals surface area contributed by atoms with Crippen molar-refractivity contribution in [2.75, 3.05) is 35.4 Å². The third kappa shape index (κ3) is 7.31. The normalized spacial score (nSPS) is 11.2. The number of carbonyl (C=O) groups excluding carboxylic acids is 1. The van der Waals surface area contributed by atoms with E-state index in [0.717, 1.165) is 18.6 Å². The lowest BCUT2D eigenvalue weighted by atomic mass is 10.1. The summed E-state index contributed by atoms with van der Waals surface area (Å²) in [7, 11) is 0. The van der Waals surface area contributed by atoms with E-state index in [0.29, 0.717) is 46.2 Å². The van der Waals surface area contributed by atoms with Crippen LogP contribution in [0.2, 0.25) is 5.02 Å². The minimum atomic E-state index is -0.511. The minimum Gasteiger partial charge on any atom is -0.492 e. The van der Waals surface area contributed by atoms with Crippen molar-refractivity contribution in [3.05, 3.63) is 59.7 Å². The van der Waals surface area contributed by atoms with Crippen molar-refractivity contribution in [3.8, 4) is 5.75 Å². The van der Waals surface area contributed by atoms with Gasteiger partial charge in [-0.05, 0) is 49.8 Å². The summed E-state index contributed by atoms with van der Waals surface area (Å²) in [5.74, 6) is 1.80. The molecule has 0 atom stereocenters. The summed E-state index contributed by atoms with van der Waals surface area (Å²) in [6.07, 6.45) is 6.42. The van der Waals surface area contributed by atoms with Crippen LogP contribution in [0.15, 0.2) is 48.8 Å². The van der Waals surface area contributed by atoms with Crippen LogP contribution in [-0.4, -0.2) is 45.7 Å². The Hall–Kier alpha value is -2.88. The highest BCUT2D eigenvalue weighted by atomic mass is 35.5. The lowest BCUT2D eigenvalue weighted by molar-refractivity contribution is -0.111. The van der Waals surface area contributed by atoms with Crippen molar-refractivity contribution in [2.24, 2.45) is 0 Å². The van der Waals surface area contributed by atoms with Gasteiger partial charge in [-0.25, -0.2) is 14.4 Å². The Morgan fingerprint density at radius 2 is 2.12 bits per heavy atom. The molecule has 10 heteroatoms. The third-order valence-electron chi connectivity index (χ3n) is 4.66. The van der Waals surface area contributed by atoms with Gasteiger partial charge in [0.1, 0.15) is 23.7 Å². The first-order valence-corrected chi connectivity index (χ1v) is 12.3. The summed E-state index contributed by atoms with van der Waals surface area (Å²) in [5, 5.41) is 15.4. The van der Waals surface area contributed by atoms with Crippen LogP contribution in [-0.2, 0) is 4.79 Å². The van der Waals surface area contributed by atoms with Crippen LogP contribution < -0.4 is 15.4 Å². The second-order valence-corrected chi connectivity index (χ2v) is 8.73. The van der Waals surface area contributed by atoms with Crippen LogP contribution in [0, 0.1) is 5.82 Å². The predicted molar refractivity (Wildman–Crippen MR) is 137 cm³/mol. The predicted octanol–water partition coefficient (Wildman–Crippen LogP) is 5.57. The van der Waals surface area contributed by atoms with Gasteiger partial charge in [-0.1, -0.05) is 17.7 Å². The number of hydrogen-bond acceptors (Lipinski definition) is 7. The molecule has 3 rings (SSSR count). The summed E-state index contributed by atoms with van der Waals surface area (Å²) < 4.78 is 19.2. The Kier molecular flexibility index (Phi) is 9.93. The highest BCUT2D eigenvalue weighted by Crippen LogP contribution is 2.33. The number of carbonyl (C=O) groups is 1. The lowest BCUT2D eigenvalue weighted by Crippen LogP contribution is -2.10. The maximum absolute atomic E-state index is 13.5. The second kappa shape index (κ2) is 13.1. The SMILES string of the molecule is CCOc1cc2ncnc(Nc3ccc(F)c(Cl)c3)c2cc1NC(=O)/C=C/CSCCCCO. The van der Waals surface area contributed by atoms with E-state index < -0.39 is 5.82 Å². The Bertz CT molecular complexity index is 1160. The summed E-state index contributed by atoms with van der Waals surface area (Å²) in [5.41, 5.74) is 1.65. The number of hydrogen-bond donors (Lipinski definition) is 3. The number of thioether (sulfide) groups is 1. The molecule has 0 aliphatic heterocycles. The molecule has 7 nitrogen and oxygen atoms in total. The number of anilines is 3. The number of amides is 1. The van der Waals surface area contributed by atoms with Gasteiger partial charge in [0.25, 0.3) is 0 Å². The highest BCUT2D eigenvalue weighted by Gasteiger charge is 2.13. The van der Waals surface area contributed by atoms with E-state index >= 15 is 0 Å². The van der Waals surface area contributed by atoms with Gasteiger partial charge in [0, 0.05) is 35.6 Å². The fourth-order valence-corrected chi connectivity index (χ4v) is 4.05. The van der Waals surface area contributed by atoms with E-state index in [1.807, 2.05) is 6.92 Å². The maximum atomic E-state index is 13.5. The van der Waals surface area contributed by atoms with E-state index in [9.17, 15) is 9.18 Å². The van der Waals surface area contributed by atoms with E-state index in [1.165, 1.54) is 24.5 Å². The number of unbranched alkanes of at least 4 members (excludes halogenated alkanes) is 1. The standard InChI is InChI=1S/C24H26ClFN4O3S/c1-2-33-22-14-20-17(13-21(22)30-23(32)6-5-11-34-10-4-3-9-31)24(28-15-27-20)29-16-7-8-19(26)18(25)12-16/h5-8,12-15,31H,2-4,9-11H2,1H3,(H,30,32)(H,27,28,29)/b6-5+. The number of halogens is 2. The molecule has 1 heterocycles. The van der Waals surface area contributed by atoms with Crippen molar-refractivity contribution in [1.29, 1.82) is 0 Å². The van der Waals surface area contributed by atoms with Gasteiger partial charge in [-0.15, -0.1) is 0 Å². The van der Waals surface area contributed by atoms with Crippen molar-refractivity contribution in [1.82, 2.24) is 9.97 Å². The summed E-state index contributed by atoms with van der Waals surface area (Å²) in [4.78, 5) is 21.1. The van der Waals surface area contributed by atoms with Gasteiger partial charge in [0.05, 0.1) is 22.8 Å². The molecule has 1 amide bonds. The average molecular weight is 505 g/mol. The number of nitrogens with zero attached hydrogens (tertiary/aromatic N) is 2. The van der Waals surface area contributed by atoms with E-state index in [-0.39, 0.29) is 17.5 Å². The molecule has 0 bridgehead atoms. The van der Waals surface area contributed by atoms with Crippen molar-refractivity contribution in [2.45, 2.75) is 19.8 Å². The largest absolute Gasteiger partial charge is 0.492 e. The summed E-state index contributed by atoms with van der Waals surface area (Å²) in [6.45, 7) is 2.47. The number of aliphatic hydroxyl groups excluding tert-OH is 1. The molecule has 0 fully saturated rings. The van der Waals surface area contributed by atoms with Crippen LogP contribution in [0.4, 0.5) is 21.6 Å². The topological polar surface area (TPSA) is 96.4 Å². The number of ether oxygens (including phenoxy) is 1. The zero-order chi connectivity index (χ0) is 24.3. The van der Waals surface area contributed by atoms with Crippen LogP contribution in [0.5, 0.6) is 5.75 Å². The maximum Gasteiger partial charge on any atom is 0.248 e. The van der Waals surface area contributed by atoms with Crippen molar-refractivity contribution < 1.29 is 19.0 Å². The fourth-order valence-electron chi connectivity index (χ4n) is 3.06. The molecule has 0 aliphatic rings. The van der Waals surface area contributed by atoms with E-state index in [2.05, 4.69) is 20.6 Å². The fraction of sp³-hybridized carbons (Fsp3) is 0.292. The van der Waals surface area contributed by atoms with Crippen LogP contribution in [0.25, 0.3) is 10.9 Å². The molecular formula is C24H26ClFN4O3S. The molecule has 3 N–H and O–H groups in total. The number of fused-ring (bicyclic) bond motifs is 1. The monoisotopic (exact) mass is 504 g/mol. The first kappa shape index (κ1) is 25.7. The molecule has 180 valence electrons. The van der Waals surface area contributed by atoms with Crippen LogP contribution in [0.3, 0.4) is 0 Å². The quantitative estimate of drug-likeness (QED) is 0.219. The molecular weight excluding hydrogens is 479 g/mol. The van der Waals surface area contributed by atoms with Crippen molar-refractivity contribution in [3.63, 3.8) is 0 Å². The summed E-state index contributed by atoms with van der Waals surface area (Å²) in [6, 6.07) is 7.76. The number of aliphatic hydroxyl groups is 1. The zero-order valence-corrected chi connectivity index (χ0v) is 20.3. The molecule has 0 unspecified atom stereocenters. The smallest absolute Gasteiger partial charge is 0.248 e. The van der Waals surface area contributed by atoms with Gasteiger partial charge in [-0.2, -0.15) is 11.8 Å². The Balaban J connectivity index is 1.79. The Morgan fingerprint density at radius 1 is 1.26 bits per heavy atom. The van der Waals surface area contributed by atoms with Gasteiger partial charge in [-0.3, -0.25) is 4.79 Å². The molecule has 0 saturated carbocycles. The molecule has 34 heavy (non-hydrogen) atoms. The second-order valence-electron chi connectivity index (χ2n) is 7.17. The number of nitrogens with one attached hydrogen (secondary N) is 2. The minimum absolute atomic E-state index is 0.00621. The van der Waals surface area contributed by atoms with Gasteiger partial charge in [0.2, 0.25) is 5.91 Å². The lowest BCUT2D eigenvalue weighted by Gasteiger charge is -2.14. The zero-order valence-electron chi connectivity index (χ0n) is 18.7. The van der Waals surface area contributed by atoms with Crippen LogP contribution in [0.1, 0.15) is 19.8 Å². The molecule has 3 aromatic rings. The third-order valence-corrected chi connectivity index (χ3v) is 5.95. The van der Waals surface area contributed by atoms with Crippen LogP contribution >= 0.6 is 23.4 Å². The first-order valence-electron chi connectivity index (χ1n) is 10.8. The van der Waals surface area contributed by atoms with Gasteiger partial charge in [0.15, 0.2) is 0 Å². The highest BCUT2D eigenvalue weighted by molar-refractivity contribution is 7.99. The molecule has 2 aromatic carbocycles. The Morgan fingerprint density at radius 3 is 2.88 bits per heavy atom. The Labute approximate surface area is 206 Å². The van der Waals surface area contributed by atoms with Gasteiger partial charge < -0.3 is 20.5 Å². The molecule has 0 radical (unpaired) electrons.